The number of anilines is 1. The first kappa shape index (κ1) is 26.8. The Morgan fingerprint density at radius 3 is 2.54 bits per heavy atom. The van der Waals surface area contributed by atoms with E-state index in [9.17, 15) is 30.5 Å². The predicted molar refractivity (Wildman–Crippen MR) is 140 cm³/mol. The van der Waals surface area contributed by atoms with Crippen LogP contribution in [-0.4, -0.2) is 89.9 Å². The quantitative estimate of drug-likeness (QED) is 0.224. The first-order valence-corrected chi connectivity index (χ1v) is 12.6. The highest BCUT2D eigenvalue weighted by atomic mass is 16.6. The zero-order chi connectivity index (χ0) is 27.5. The number of aliphatic hydroxyl groups is 4. The number of nitriles is 1. The minimum atomic E-state index is -1.70. The fraction of sp³-hybridized carbons (Fsp3) is 0.357. The molecule has 1 amide bonds. The topological polar surface area (TPSA) is 169 Å². The number of fused-ring (bicyclic) bond motifs is 1. The summed E-state index contributed by atoms with van der Waals surface area (Å²) in [6.07, 6.45) is -4.83. The van der Waals surface area contributed by atoms with Gasteiger partial charge in [0.15, 0.2) is 6.29 Å². The summed E-state index contributed by atoms with van der Waals surface area (Å²) in [5, 5.41) is 53.5. The Labute approximate surface area is 224 Å². The van der Waals surface area contributed by atoms with Gasteiger partial charge in [-0.1, -0.05) is 18.2 Å². The van der Waals surface area contributed by atoms with Crippen LogP contribution in [0, 0.1) is 11.3 Å². The van der Waals surface area contributed by atoms with Gasteiger partial charge in [0.25, 0.3) is 5.91 Å². The molecule has 0 saturated carbocycles. The summed E-state index contributed by atoms with van der Waals surface area (Å²) in [6.45, 7) is 2.52. The number of furan rings is 1. The van der Waals surface area contributed by atoms with Gasteiger partial charge in [0.1, 0.15) is 47.5 Å². The van der Waals surface area contributed by atoms with Gasteiger partial charge in [-0.05, 0) is 41.1 Å². The molecule has 0 spiro atoms. The Morgan fingerprint density at radius 2 is 1.79 bits per heavy atom. The number of carbonyl (C=O) groups is 1. The molecule has 2 aliphatic rings. The van der Waals surface area contributed by atoms with Crippen LogP contribution in [0.4, 0.5) is 5.69 Å². The Hall–Kier alpha value is -3.76. The third-order valence-corrected chi connectivity index (χ3v) is 6.96. The third-order valence-electron chi connectivity index (χ3n) is 6.96. The van der Waals surface area contributed by atoms with Crippen LogP contribution in [0.25, 0.3) is 28.2 Å². The molecule has 5 N–H and O–H groups in total. The van der Waals surface area contributed by atoms with Crippen LogP contribution < -0.4 is 10.2 Å². The van der Waals surface area contributed by atoms with Crippen molar-refractivity contribution >= 4 is 28.4 Å². The first-order valence-electron chi connectivity index (χ1n) is 12.6. The maximum Gasteiger partial charge on any atom is 0.262 e. The van der Waals surface area contributed by atoms with Gasteiger partial charge in [-0.25, -0.2) is 0 Å². The maximum atomic E-state index is 12.7. The lowest BCUT2D eigenvalue weighted by atomic mass is 9.97. The molecule has 2 saturated heterocycles. The Kier molecular flexibility index (Phi) is 7.94. The van der Waals surface area contributed by atoms with Crippen LogP contribution in [0.3, 0.4) is 0 Å². The molecule has 11 nitrogen and oxygen atoms in total. The number of carbonyl (C=O) groups excluding carboxylic acids is 1. The molecule has 1 aromatic heterocycles. The van der Waals surface area contributed by atoms with Crippen LogP contribution >= 0.6 is 0 Å². The Bertz CT molecular complexity index is 1410. The molecule has 5 atom stereocenters. The van der Waals surface area contributed by atoms with Crippen molar-refractivity contribution in [2.24, 2.45) is 0 Å². The summed E-state index contributed by atoms with van der Waals surface area (Å²) >= 11 is 0. The van der Waals surface area contributed by atoms with Gasteiger partial charge in [-0.15, -0.1) is 0 Å². The van der Waals surface area contributed by atoms with Crippen molar-refractivity contribution in [2.75, 3.05) is 37.8 Å². The third kappa shape index (κ3) is 5.67. The van der Waals surface area contributed by atoms with Crippen molar-refractivity contribution in [3.05, 3.63) is 59.9 Å². The summed E-state index contributed by atoms with van der Waals surface area (Å²) in [7, 11) is 0. The van der Waals surface area contributed by atoms with Gasteiger partial charge in [-0.2, -0.15) is 5.26 Å². The molecule has 3 heterocycles. The van der Waals surface area contributed by atoms with E-state index in [-0.39, 0.29) is 11.3 Å². The number of morpholine rings is 1. The van der Waals surface area contributed by atoms with Crippen molar-refractivity contribution in [2.45, 2.75) is 30.6 Å². The monoisotopic (exact) mass is 535 g/mol. The second-order valence-electron chi connectivity index (χ2n) is 9.45. The number of aliphatic hydroxyl groups excluding tert-OH is 4. The number of ether oxygens (including phenoxy) is 2. The zero-order valence-electron chi connectivity index (χ0n) is 20.9. The molecule has 2 aliphatic heterocycles. The highest BCUT2D eigenvalue weighted by Crippen LogP contribution is 2.30. The molecular weight excluding hydrogens is 506 g/mol. The largest absolute Gasteiger partial charge is 0.457 e. The fourth-order valence-corrected chi connectivity index (χ4v) is 4.76. The zero-order valence-corrected chi connectivity index (χ0v) is 20.9. The molecule has 1 unspecified atom stereocenters. The van der Waals surface area contributed by atoms with Crippen LogP contribution in [0.1, 0.15) is 5.76 Å². The maximum absolute atomic E-state index is 12.7. The number of hydrogen-bond donors (Lipinski definition) is 5. The molecule has 0 radical (unpaired) electrons. The van der Waals surface area contributed by atoms with Gasteiger partial charge in [0.05, 0.1) is 19.8 Å². The van der Waals surface area contributed by atoms with Gasteiger partial charge in [0.2, 0.25) is 0 Å². The summed E-state index contributed by atoms with van der Waals surface area (Å²) < 4.78 is 16.3. The number of rotatable bonds is 6. The lowest BCUT2D eigenvalue weighted by Crippen LogP contribution is -2.64. The standard InChI is InChI=1S/C28H29N3O8/c29-14-19(27(35)30-24-26(34)25(33)23(15-32)39-28(24)36)13-21-5-6-22(38-21)18-2-1-17-12-20(4-3-16(17)11-18)31-7-9-37-10-8-31/h1-6,11-13,23-26,28,32-34,36H,7-10,15H2,(H,30,35)/b19-13+/t23-,24-,25-,26-,28?/m1/s1. The lowest BCUT2D eigenvalue weighted by molar-refractivity contribution is -0.253. The van der Waals surface area contributed by atoms with E-state index in [4.69, 9.17) is 13.9 Å². The van der Waals surface area contributed by atoms with E-state index in [1.807, 2.05) is 18.2 Å². The molecule has 39 heavy (non-hydrogen) atoms. The van der Waals surface area contributed by atoms with Crippen molar-refractivity contribution < 1.29 is 39.1 Å². The predicted octanol–water partition coefficient (Wildman–Crippen LogP) is 0.759. The molecule has 2 aromatic carbocycles. The van der Waals surface area contributed by atoms with Crippen molar-refractivity contribution in [3.63, 3.8) is 0 Å². The van der Waals surface area contributed by atoms with E-state index < -0.39 is 43.2 Å². The first-order chi connectivity index (χ1) is 18.9. The number of benzene rings is 2. The van der Waals surface area contributed by atoms with E-state index in [1.54, 1.807) is 18.2 Å². The number of hydrogen-bond acceptors (Lipinski definition) is 10. The molecular formula is C28H29N3O8. The molecule has 0 bridgehead atoms. The van der Waals surface area contributed by atoms with Crippen LogP contribution in [0.5, 0.6) is 0 Å². The van der Waals surface area contributed by atoms with E-state index in [0.717, 1.165) is 35.1 Å². The Balaban J connectivity index is 1.30. The average Bonchev–Trinajstić information content (AvgIpc) is 3.44. The second kappa shape index (κ2) is 11.5. The van der Waals surface area contributed by atoms with Crippen molar-refractivity contribution in [1.29, 1.82) is 5.26 Å². The van der Waals surface area contributed by atoms with Gasteiger partial charge >= 0.3 is 0 Å². The SMILES string of the molecule is N#C/C(=C\c1ccc(-c2ccc3cc(N4CCOCC4)ccc3c2)o1)C(=O)N[C@H]1C(O)O[C@H](CO)[C@@H](O)[C@@H]1O. The lowest BCUT2D eigenvalue weighted by Gasteiger charge is -2.40. The summed E-state index contributed by atoms with van der Waals surface area (Å²) in [4.78, 5) is 15.0. The number of amides is 1. The normalized spacial score (nSPS) is 25.9. The molecule has 5 rings (SSSR count). The van der Waals surface area contributed by atoms with Crippen LogP contribution in [0.15, 0.2) is 58.5 Å². The smallest absolute Gasteiger partial charge is 0.262 e. The number of nitrogens with zero attached hydrogens (tertiary/aromatic N) is 2. The van der Waals surface area contributed by atoms with E-state index >= 15 is 0 Å². The summed E-state index contributed by atoms with van der Waals surface area (Å²) in [5.41, 5.74) is 1.62. The van der Waals surface area contributed by atoms with Gasteiger partial charge < -0.3 is 44.5 Å². The number of nitrogens with one attached hydrogen (secondary N) is 1. The fourth-order valence-electron chi connectivity index (χ4n) is 4.76. The van der Waals surface area contributed by atoms with Crippen molar-refractivity contribution in [1.82, 2.24) is 5.32 Å². The van der Waals surface area contributed by atoms with Crippen LogP contribution in [0.2, 0.25) is 0 Å². The molecule has 3 aromatic rings. The summed E-state index contributed by atoms with van der Waals surface area (Å²) in [5.74, 6) is -0.109. The molecule has 0 aliphatic carbocycles. The molecule has 11 heteroatoms. The average molecular weight is 536 g/mol. The van der Waals surface area contributed by atoms with Crippen molar-refractivity contribution in [3.8, 4) is 17.4 Å². The second-order valence-corrected chi connectivity index (χ2v) is 9.45. The minimum absolute atomic E-state index is 0.251. The minimum Gasteiger partial charge on any atom is -0.457 e. The van der Waals surface area contributed by atoms with E-state index in [2.05, 4.69) is 28.4 Å². The highest BCUT2D eigenvalue weighted by Gasteiger charge is 2.44. The van der Waals surface area contributed by atoms with Crippen LogP contribution in [-0.2, 0) is 14.3 Å². The van der Waals surface area contributed by atoms with E-state index in [0.29, 0.717) is 19.0 Å². The molecule has 2 fully saturated rings. The highest BCUT2D eigenvalue weighted by molar-refractivity contribution is 6.01. The Morgan fingerprint density at radius 1 is 1.05 bits per heavy atom. The van der Waals surface area contributed by atoms with E-state index in [1.165, 1.54) is 6.08 Å². The van der Waals surface area contributed by atoms with Gasteiger partial charge in [0, 0.05) is 30.4 Å². The molecule has 204 valence electrons. The summed E-state index contributed by atoms with van der Waals surface area (Å²) in [6, 6.07) is 15.9. The van der Waals surface area contributed by atoms with Gasteiger partial charge in [-0.3, -0.25) is 4.79 Å².